The van der Waals surface area contributed by atoms with Gasteiger partial charge in [-0.05, 0) is 12.1 Å². The highest BCUT2D eigenvalue weighted by Gasteiger charge is 2.19. The summed E-state index contributed by atoms with van der Waals surface area (Å²) in [6.45, 7) is 6.16. The van der Waals surface area contributed by atoms with E-state index in [4.69, 9.17) is 23.2 Å². The second-order valence-electron chi connectivity index (χ2n) is 3.71. The van der Waals surface area contributed by atoms with Crippen molar-refractivity contribution in [1.29, 1.82) is 0 Å². The SMILES string of the molecule is CC(C)(C)c1nc(Cl)ccc1Cl. The van der Waals surface area contributed by atoms with Crippen molar-refractivity contribution in [1.82, 2.24) is 4.98 Å². The Labute approximate surface area is 82.7 Å². The molecular weight excluding hydrogens is 193 g/mol. The van der Waals surface area contributed by atoms with Gasteiger partial charge in [0.25, 0.3) is 0 Å². The van der Waals surface area contributed by atoms with Crippen LogP contribution in [-0.2, 0) is 5.41 Å². The summed E-state index contributed by atoms with van der Waals surface area (Å²) in [6.07, 6.45) is 0. The van der Waals surface area contributed by atoms with Crippen molar-refractivity contribution >= 4 is 23.2 Å². The van der Waals surface area contributed by atoms with Crippen molar-refractivity contribution in [3.05, 3.63) is 28.0 Å². The first-order valence-corrected chi connectivity index (χ1v) is 4.49. The third-order valence-electron chi connectivity index (χ3n) is 1.52. The molecule has 0 N–H and O–H groups in total. The van der Waals surface area contributed by atoms with Gasteiger partial charge in [-0.1, -0.05) is 44.0 Å². The second kappa shape index (κ2) is 3.23. The summed E-state index contributed by atoms with van der Waals surface area (Å²) in [4.78, 5) is 4.18. The Morgan fingerprint density at radius 2 is 1.75 bits per heavy atom. The Hall–Kier alpha value is -0.270. The lowest BCUT2D eigenvalue weighted by atomic mass is 9.92. The van der Waals surface area contributed by atoms with E-state index in [0.717, 1.165) is 5.69 Å². The minimum Gasteiger partial charge on any atom is -0.239 e. The van der Waals surface area contributed by atoms with Gasteiger partial charge in [-0.3, -0.25) is 0 Å². The largest absolute Gasteiger partial charge is 0.239 e. The molecule has 0 saturated carbocycles. The molecule has 0 unspecified atom stereocenters. The van der Waals surface area contributed by atoms with Gasteiger partial charge in [0, 0.05) is 5.41 Å². The molecule has 1 rings (SSSR count). The number of nitrogens with zero attached hydrogens (tertiary/aromatic N) is 1. The summed E-state index contributed by atoms with van der Waals surface area (Å²) < 4.78 is 0. The maximum Gasteiger partial charge on any atom is 0.129 e. The van der Waals surface area contributed by atoms with Gasteiger partial charge in [-0.25, -0.2) is 4.98 Å². The lowest BCUT2D eigenvalue weighted by Gasteiger charge is -2.18. The van der Waals surface area contributed by atoms with Crippen LogP contribution in [0.5, 0.6) is 0 Å². The highest BCUT2D eigenvalue weighted by Crippen LogP contribution is 2.28. The van der Waals surface area contributed by atoms with Gasteiger partial charge in [0.2, 0.25) is 0 Å². The van der Waals surface area contributed by atoms with E-state index in [1.165, 1.54) is 0 Å². The van der Waals surface area contributed by atoms with E-state index in [2.05, 4.69) is 25.8 Å². The molecule has 0 spiro atoms. The smallest absolute Gasteiger partial charge is 0.129 e. The molecule has 1 nitrogen and oxygen atoms in total. The number of hydrogen-bond acceptors (Lipinski definition) is 1. The number of hydrogen-bond donors (Lipinski definition) is 0. The summed E-state index contributed by atoms with van der Waals surface area (Å²) in [7, 11) is 0. The monoisotopic (exact) mass is 203 g/mol. The fourth-order valence-electron chi connectivity index (χ4n) is 0.944. The standard InChI is InChI=1S/C9H11Cl2N/c1-9(2,3)8-6(10)4-5-7(11)12-8/h4-5H,1-3H3. The van der Waals surface area contributed by atoms with Crippen molar-refractivity contribution in [2.45, 2.75) is 26.2 Å². The molecular formula is C9H11Cl2N. The van der Waals surface area contributed by atoms with Crippen molar-refractivity contribution in [3.63, 3.8) is 0 Å². The fraction of sp³-hybridized carbons (Fsp3) is 0.444. The van der Waals surface area contributed by atoms with Gasteiger partial charge >= 0.3 is 0 Å². The Balaban J connectivity index is 3.23. The van der Waals surface area contributed by atoms with Gasteiger partial charge in [-0.15, -0.1) is 0 Å². The maximum atomic E-state index is 5.96. The van der Waals surface area contributed by atoms with Crippen LogP contribution in [0.1, 0.15) is 26.5 Å². The highest BCUT2D eigenvalue weighted by atomic mass is 35.5. The summed E-state index contributed by atoms with van der Waals surface area (Å²) in [5.41, 5.74) is 0.791. The molecule has 0 aliphatic rings. The Morgan fingerprint density at radius 3 is 2.17 bits per heavy atom. The zero-order valence-electron chi connectivity index (χ0n) is 7.36. The fourth-order valence-corrected chi connectivity index (χ4v) is 1.48. The molecule has 1 heterocycles. The Kier molecular flexibility index (Phi) is 2.64. The zero-order valence-corrected chi connectivity index (χ0v) is 8.87. The first-order chi connectivity index (χ1) is 5.41. The van der Waals surface area contributed by atoms with E-state index in [9.17, 15) is 0 Å². The van der Waals surface area contributed by atoms with Gasteiger partial charge in [0.05, 0.1) is 10.7 Å². The molecule has 12 heavy (non-hydrogen) atoms. The third-order valence-corrected chi connectivity index (χ3v) is 2.04. The number of halogens is 2. The van der Waals surface area contributed by atoms with E-state index in [0.29, 0.717) is 10.2 Å². The van der Waals surface area contributed by atoms with Crippen molar-refractivity contribution in [3.8, 4) is 0 Å². The predicted octanol–water partition coefficient (Wildman–Crippen LogP) is 3.69. The van der Waals surface area contributed by atoms with E-state index >= 15 is 0 Å². The van der Waals surface area contributed by atoms with Crippen LogP contribution in [0.25, 0.3) is 0 Å². The molecule has 0 amide bonds. The van der Waals surface area contributed by atoms with Crippen LogP contribution < -0.4 is 0 Å². The van der Waals surface area contributed by atoms with Crippen molar-refractivity contribution in [2.24, 2.45) is 0 Å². The van der Waals surface area contributed by atoms with Crippen LogP contribution in [0.15, 0.2) is 12.1 Å². The van der Waals surface area contributed by atoms with Gasteiger partial charge in [0.1, 0.15) is 5.15 Å². The molecule has 66 valence electrons. The highest BCUT2D eigenvalue weighted by molar-refractivity contribution is 6.32. The summed E-state index contributed by atoms with van der Waals surface area (Å²) in [6, 6.07) is 3.47. The molecule has 3 heteroatoms. The molecule has 0 radical (unpaired) electrons. The van der Waals surface area contributed by atoms with Crippen LogP contribution in [0.2, 0.25) is 10.2 Å². The minimum absolute atomic E-state index is 0.0536. The van der Waals surface area contributed by atoms with E-state index in [1.54, 1.807) is 12.1 Å². The number of pyridine rings is 1. The minimum atomic E-state index is -0.0536. The lowest BCUT2D eigenvalue weighted by molar-refractivity contribution is 0.569. The van der Waals surface area contributed by atoms with E-state index in [-0.39, 0.29) is 5.41 Å². The number of aromatic nitrogens is 1. The summed E-state index contributed by atoms with van der Waals surface area (Å²) in [5.74, 6) is 0. The molecule has 0 saturated heterocycles. The molecule has 0 bridgehead atoms. The Bertz CT molecular complexity index is 289. The molecule has 0 aromatic carbocycles. The number of rotatable bonds is 0. The first-order valence-electron chi connectivity index (χ1n) is 3.74. The molecule has 1 aromatic heterocycles. The average Bonchev–Trinajstić information content (AvgIpc) is 1.92. The van der Waals surface area contributed by atoms with E-state index < -0.39 is 0 Å². The van der Waals surface area contributed by atoms with Crippen LogP contribution in [0.4, 0.5) is 0 Å². The van der Waals surface area contributed by atoms with Crippen molar-refractivity contribution in [2.75, 3.05) is 0 Å². The zero-order chi connectivity index (χ0) is 9.35. The average molecular weight is 204 g/mol. The second-order valence-corrected chi connectivity index (χ2v) is 4.51. The topological polar surface area (TPSA) is 12.9 Å². The first kappa shape index (κ1) is 9.82. The van der Waals surface area contributed by atoms with Gasteiger partial charge < -0.3 is 0 Å². The van der Waals surface area contributed by atoms with Crippen LogP contribution in [0, 0.1) is 0 Å². The van der Waals surface area contributed by atoms with E-state index in [1.807, 2.05) is 0 Å². The maximum absolute atomic E-state index is 5.96. The molecule has 0 fully saturated rings. The lowest BCUT2D eigenvalue weighted by Crippen LogP contribution is -2.14. The van der Waals surface area contributed by atoms with Gasteiger partial charge in [-0.2, -0.15) is 0 Å². The van der Waals surface area contributed by atoms with Crippen LogP contribution >= 0.6 is 23.2 Å². The Morgan fingerprint density at radius 1 is 1.17 bits per heavy atom. The normalized spacial score (nSPS) is 11.8. The quantitative estimate of drug-likeness (QED) is 0.587. The van der Waals surface area contributed by atoms with Crippen molar-refractivity contribution < 1.29 is 0 Å². The molecule has 1 aromatic rings. The summed E-state index contributed by atoms with van der Waals surface area (Å²) in [5, 5.41) is 1.16. The third kappa shape index (κ3) is 2.11. The molecule has 0 atom stereocenters. The summed E-state index contributed by atoms with van der Waals surface area (Å²) >= 11 is 11.7. The van der Waals surface area contributed by atoms with Gasteiger partial charge in [0.15, 0.2) is 0 Å². The van der Waals surface area contributed by atoms with Crippen LogP contribution in [-0.4, -0.2) is 4.98 Å². The predicted molar refractivity (Wildman–Crippen MR) is 53.0 cm³/mol. The van der Waals surface area contributed by atoms with Crippen LogP contribution in [0.3, 0.4) is 0 Å². The molecule has 0 aliphatic carbocycles. The molecule has 0 aliphatic heterocycles.